The first-order valence-electron chi connectivity index (χ1n) is 3.38. The normalized spacial score (nSPS) is 13.2. The van der Waals surface area contributed by atoms with E-state index in [1.54, 1.807) is 0 Å². The summed E-state index contributed by atoms with van der Waals surface area (Å²) in [5.41, 5.74) is 0. The lowest BCUT2D eigenvalue weighted by Crippen LogP contribution is -1.95. The van der Waals surface area contributed by atoms with Crippen LogP contribution in [-0.4, -0.2) is 30.4 Å². The van der Waals surface area contributed by atoms with Gasteiger partial charge in [0, 0.05) is 0 Å². The second-order valence-corrected chi connectivity index (χ2v) is 3.84. The topological polar surface area (TPSA) is 74.6 Å². The van der Waals surface area contributed by atoms with Crippen LogP contribution in [0.25, 0.3) is 0 Å². The van der Waals surface area contributed by atoms with Gasteiger partial charge in [-0.2, -0.15) is 8.42 Å². The van der Waals surface area contributed by atoms with Gasteiger partial charge in [0.25, 0.3) is 10.1 Å². The summed E-state index contributed by atoms with van der Waals surface area (Å²) >= 11 is 0. The Labute approximate surface area is 68.0 Å². The molecule has 0 aromatic carbocycles. The standard InChI is InChI=1S/C5H12O.CH4O3S/c1-3-4-5(2)6;1-5(2,3)4/h5-6H,3-4H2,1-2H3;1H3,(H,2,3,4)/t5-;/m1./s1. The molecule has 0 aliphatic rings. The Hall–Kier alpha value is -0.130. The predicted octanol–water partition coefficient (Wildman–Crippen LogP) is 0.671. The van der Waals surface area contributed by atoms with Crippen LogP contribution in [0.15, 0.2) is 0 Å². The Morgan fingerprint density at radius 1 is 1.45 bits per heavy atom. The molecule has 0 spiro atoms. The molecule has 0 unspecified atom stereocenters. The van der Waals surface area contributed by atoms with Crippen molar-refractivity contribution in [3.8, 4) is 0 Å². The van der Waals surface area contributed by atoms with Gasteiger partial charge in [-0.1, -0.05) is 13.3 Å². The Kier molecular flexibility index (Phi) is 8.04. The van der Waals surface area contributed by atoms with E-state index in [4.69, 9.17) is 9.66 Å². The molecule has 0 aliphatic carbocycles. The molecule has 70 valence electrons. The van der Waals surface area contributed by atoms with E-state index in [0.717, 1.165) is 12.8 Å². The molecule has 11 heavy (non-hydrogen) atoms. The average molecular weight is 184 g/mol. The average Bonchev–Trinajstić information content (AvgIpc) is 1.58. The van der Waals surface area contributed by atoms with E-state index in [1.807, 2.05) is 6.92 Å². The smallest absolute Gasteiger partial charge is 0.261 e. The van der Waals surface area contributed by atoms with E-state index >= 15 is 0 Å². The minimum absolute atomic E-state index is 0.102. The van der Waals surface area contributed by atoms with E-state index in [1.165, 1.54) is 0 Å². The fourth-order valence-corrected chi connectivity index (χ4v) is 0.418. The molecule has 0 heterocycles. The van der Waals surface area contributed by atoms with Crippen LogP contribution in [0.3, 0.4) is 0 Å². The highest BCUT2D eigenvalue weighted by molar-refractivity contribution is 7.85. The molecule has 1 atom stereocenters. The summed E-state index contributed by atoms with van der Waals surface area (Å²) in [7, 11) is -3.67. The predicted molar refractivity (Wildman–Crippen MR) is 44.1 cm³/mol. The van der Waals surface area contributed by atoms with Crippen molar-refractivity contribution in [1.29, 1.82) is 0 Å². The molecule has 4 nitrogen and oxygen atoms in total. The van der Waals surface area contributed by atoms with Crippen LogP contribution >= 0.6 is 0 Å². The molecular weight excluding hydrogens is 168 g/mol. The van der Waals surface area contributed by atoms with Crippen LogP contribution in [0.5, 0.6) is 0 Å². The number of aliphatic hydroxyl groups excluding tert-OH is 1. The van der Waals surface area contributed by atoms with Crippen molar-refractivity contribution in [3.05, 3.63) is 0 Å². The van der Waals surface area contributed by atoms with Gasteiger partial charge in [0.1, 0.15) is 0 Å². The summed E-state index contributed by atoms with van der Waals surface area (Å²) < 4.78 is 25.9. The summed E-state index contributed by atoms with van der Waals surface area (Å²) in [4.78, 5) is 0. The molecule has 2 N–H and O–H groups in total. The highest BCUT2D eigenvalue weighted by Gasteiger charge is 1.87. The zero-order chi connectivity index (χ0) is 9.49. The lowest BCUT2D eigenvalue weighted by molar-refractivity contribution is 0.183. The zero-order valence-electron chi connectivity index (χ0n) is 7.11. The summed E-state index contributed by atoms with van der Waals surface area (Å²) in [5, 5.41) is 8.55. The van der Waals surface area contributed by atoms with E-state index < -0.39 is 10.1 Å². The van der Waals surface area contributed by atoms with Crippen molar-refractivity contribution < 1.29 is 18.1 Å². The minimum atomic E-state index is -3.67. The van der Waals surface area contributed by atoms with Gasteiger partial charge in [-0.3, -0.25) is 4.55 Å². The highest BCUT2D eigenvalue weighted by atomic mass is 32.2. The fraction of sp³-hybridized carbons (Fsp3) is 1.00. The molecule has 0 saturated carbocycles. The molecule has 5 heteroatoms. The maximum absolute atomic E-state index is 9.19. The van der Waals surface area contributed by atoms with Crippen LogP contribution in [-0.2, 0) is 10.1 Å². The number of hydrogen-bond donors (Lipinski definition) is 2. The molecule has 0 amide bonds. The summed E-state index contributed by atoms with van der Waals surface area (Å²) in [6, 6.07) is 0. The summed E-state index contributed by atoms with van der Waals surface area (Å²) in [6.07, 6.45) is 2.62. The lowest BCUT2D eigenvalue weighted by Gasteiger charge is -1.95. The number of hydrogen-bond acceptors (Lipinski definition) is 3. The monoisotopic (exact) mass is 184 g/mol. The molecule has 0 fully saturated rings. The van der Waals surface area contributed by atoms with Crippen LogP contribution in [0, 0.1) is 0 Å². The Morgan fingerprint density at radius 2 is 1.73 bits per heavy atom. The SMILES string of the molecule is CCC[C@@H](C)O.CS(=O)(=O)O. The van der Waals surface area contributed by atoms with Crippen molar-refractivity contribution in [2.75, 3.05) is 6.26 Å². The van der Waals surface area contributed by atoms with E-state index in [0.29, 0.717) is 6.26 Å². The third kappa shape index (κ3) is 74.2. The van der Waals surface area contributed by atoms with Crippen molar-refractivity contribution in [3.63, 3.8) is 0 Å². The molecule has 0 aromatic rings. The van der Waals surface area contributed by atoms with Crippen LogP contribution in [0.1, 0.15) is 26.7 Å². The summed E-state index contributed by atoms with van der Waals surface area (Å²) in [5.74, 6) is 0. The van der Waals surface area contributed by atoms with E-state index in [-0.39, 0.29) is 6.10 Å². The maximum atomic E-state index is 9.19. The number of aliphatic hydroxyl groups is 1. The zero-order valence-corrected chi connectivity index (χ0v) is 7.93. The second kappa shape index (κ2) is 6.57. The van der Waals surface area contributed by atoms with Crippen LogP contribution in [0.2, 0.25) is 0 Å². The molecule has 0 aliphatic heterocycles. The Balaban J connectivity index is 0. The lowest BCUT2D eigenvalue weighted by atomic mass is 10.2. The third-order valence-corrected chi connectivity index (χ3v) is 0.706. The second-order valence-electron chi connectivity index (χ2n) is 2.37. The van der Waals surface area contributed by atoms with Crippen molar-refractivity contribution in [2.24, 2.45) is 0 Å². The third-order valence-electron chi connectivity index (χ3n) is 0.706. The molecule has 0 rings (SSSR count). The number of rotatable bonds is 2. The largest absolute Gasteiger partial charge is 0.393 e. The first kappa shape index (κ1) is 13.5. The minimum Gasteiger partial charge on any atom is -0.393 e. The van der Waals surface area contributed by atoms with Gasteiger partial charge in [-0.25, -0.2) is 0 Å². The first-order chi connectivity index (χ1) is 4.77. The molecule has 0 aromatic heterocycles. The molecular formula is C6H16O4S. The van der Waals surface area contributed by atoms with Crippen LogP contribution < -0.4 is 0 Å². The maximum Gasteiger partial charge on any atom is 0.261 e. The van der Waals surface area contributed by atoms with Gasteiger partial charge in [0.05, 0.1) is 12.4 Å². The fourth-order valence-electron chi connectivity index (χ4n) is 0.418. The summed E-state index contributed by atoms with van der Waals surface area (Å²) in [6.45, 7) is 3.87. The highest BCUT2D eigenvalue weighted by Crippen LogP contribution is 1.91. The van der Waals surface area contributed by atoms with Crippen molar-refractivity contribution >= 4 is 10.1 Å². The molecule has 0 bridgehead atoms. The van der Waals surface area contributed by atoms with Gasteiger partial charge in [0.2, 0.25) is 0 Å². The van der Waals surface area contributed by atoms with Gasteiger partial charge < -0.3 is 5.11 Å². The molecule has 0 saturated heterocycles. The van der Waals surface area contributed by atoms with Crippen LogP contribution in [0.4, 0.5) is 0 Å². The van der Waals surface area contributed by atoms with Crippen molar-refractivity contribution in [2.45, 2.75) is 32.8 Å². The Morgan fingerprint density at radius 3 is 1.73 bits per heavy atom. The van der Waals surface area contributed by atoms with E-state index in [9.17, 15) is 8.42 Å². The first-order valence-corrected chi connectivity index (χ1v) is 5.22. The van der Waals surface area contributed by atoms with E-state index in [2.05, 4.69) is 6.92 Å². The molecule has 0 radical (unpaired) electrons. The van der Waals surface area contributed by atoms with Gasteiger partial charge in [-0.05, 0) is 13.3 Å². The van der Waals surface area contributed by atoms with Crippen molar-refractivity contribution in [1.82, 2.24) is 0 Å². The Bertz CT molecular complexity index is 151. The van der Waals surface area contributed by atoms with Gasteiger partial charge in [-0.15, -0.1) is 0 Å². The van der Waals surface area contributed by atoms with Gasteiger partial charge in [0.15, 0.2) is 0 Å². The quantitative estimate of drug-likeness (QED) is 0.618. The van der Waals surface area contributed by atoms with Gasteiger partial charge >= 0.3 is 0 Å².